The number of halogens is 2. The lowest BCUT2D eigenvalue weighted by atomic mass is 9.70. The lowest BCUT2D eigenvalue weighted by Gasteiger charge is -2.33. The SMILES string of the molecule is CCCCC1(CCCC)c2cc(CBr)ccc2-c2ccc(CBr)cc21. The maximum absolute atomic E-state index is 3.66. The topological polar surface area (TPSA) is 0 Å². The predicted octanol–water partition coefficient (Wildman–Crippen LogP) is 8.12. The Morgan fingerprint density at radius 1 is 0.720 bits per heavy atom. The highest BCUT2D eigenvalue weighted by molar-refractivity contribution is 9.08. The predicted molar refractivity (Wildman–Crippen MR) is 117 cm³/mol. The van der Waals surface area contributed by atoms with Gasteiger partial charge in [0.25, 0.3) is 0 Å². The van der Waals surface area contributed by atoms with Crippen molar-refractivity contribution in [3.05, 3.63) is 58.7 Å². The molecule has 0 unspecified atom stereocenters. The molecule has 0 saturated carbocycles. The average Bonchev–Trinajstić information content (AvgIpc) is 2.93. The van der Waals surface area contributed by atoms with Crippen LogP contribution in [0, 0.1) is 0 Å². The highest BCUT2D eigenvalue weighted by Crippen LogP contribution is 2.54. The van der Waals surface area contributed by atoms with Crippen molar-refractivity contribution in [2.45, 2.75) is 68.4 Å². The fraction of sp³-hybridized carbons (Fsp3) is 0.478. The van der Waals surface area contributed by atoms with Gasteiger partial charge in [-0.05, 0) is 46.2 Å². The van der Waals surface area contributed by atoms with E-state index < -0.39 is 0 Å². The lowest BCUT2D eigenvalue weighted by molar-refractivity contribution is 0.414. The van der Waals surface area contributed by atoms with Gasteiger partial charge in [-0.25, -0.2) is 0 Å². The highest BCUT2D eigenvalue weighted by atomic mass is 79.9. The van der Waals surface area contributed by atoms with Crippen molar-refractivity contribution in [3.63, 3.8) is 0 Å². The van der Waals surface area contributed by atoms with Gasteiger partial charge in [0.15, 0.2) is 0 Å². The average molecular weight is 464 g/mol. The summed E-state index contributed by atoms with van der Waals surface area (Å²) in [6.45, 7) is 4.63. The molecular formula is C23H28Br2. The Labute approximate surface area is 169 Å². The van der Waals surface area contributed by atoms with Crippen LogP contribution in [-0.4, -0.2) is 0 Å². The minimum absolute atomic E-state index is 0.201. The van der Waals surface area contributed by atoms with Gasteiger partial charge in [0.2, 0.25) is 0 Å². The number of unbranched alkanes of at least 4 members (excludes halogenated alkanes) is 2. The maximum atomic E-state index is 3.66. The molecule has 2 heteroatoms. The Balaban J connectivity index is 2.23. The van der Waals surface area contributed by atoms with Gasteiger partial charge in [-0.2, -0.15) is 0 Å². The zero-order valence-electron chi connectivity index (χ0n) is 15.4. The highest BCUT2D eigenvalue weighted by Gasteiger charge is 2.42. The minimum atomic E-state index is 0.201. The quantitative estimate of drug-likeness (QED) is 0.346. The molecule has 0 aromatic heterocycles. The molecule has 0 atom stereocenters. The number of benzene rings is 2. The van der Waals surface area contributed by atoms with Crippen molar-refractivity contribution in [2.75, 3.05) is 0 Å². The number of hydrogen-bond donors (Lipinski definition) is 0. The minimum Gasteiger partial charge on any atom is -0.0876 e. The molecule has 1 aliphatic rings. The third-order valence-corrected chi connectivity index (χ3v) is 7.01. The normalized spacial score (nSPS) is 14.4. The van der Waals surface area contributed by atoms with Crippen molar-refractivity contribution in [1.29, 1.82) is 0 Å². The van der Waals surface area contributed by atoms with E-state index in [0.29, 0.717) is 0 Å². The molecular weight excluding hydrogens is 436 g/mol. The summed E-state index contributed by atoms with van der Waals surface area (Å²) < 4.78 is 0. The summed E-state index contributed by atoms with van der Waals surface area (Å²) in [4.78, 5) is 0. The van der Waals surface area contributed by atoms with Crippen LogP contribution in [0.25, 0.3) is 11.1 Å². The fourth-order valence-electron chi connectivity index (χ4n) is 4.38. The molecule has 0 N–H and O–H groups in total. The number of hydrogen-bond acceptors (Lipinski definition) is 0. The first-order valence-corrected chi connectivity index (χ1v) is 11.8. The van der Waals surface area contributed by atoms with Crippen LogP contribution in [-0.2, 0) is 16.1 Å². The number of fused-ring (bicyclic) bond motifs is 3. The summed E-state index contributed by atoms with van der Waals surface area (Å²) in [6, 6.07) is 14.2. The Kier molecular flexibility index (Phi) is 6.44. The van der Waals surface area contributed by atoms with Crippen LogP contribution < -0.4 is 0 Å². The summed E-state index contributed by atoms with van der Waals surface area (Å²) in [7, 11) is 0. The monoisotopic (exact) mass is 462 g/mol. The van der Waals surface area contributed by atoms with Gasteiger partial charge in [-0.3, -0.25) is 0 Å². The summed E-state index contributed by atoms with van der Waals surface area (Å²) in [5.74, 6) is 0. The van der Waals surface area contributed by atoms with Crippen molar-refractivity contribution in [2.24, 2.45) is 0 Å². The fourth-order valence-corrected chi connectivity index (χ4v) is 5.07. The Bertz CT molecular complexity index is 669. The first-order chi connectivity index (χ1) is 12.2. The van der Waals surface area contributed by atoms with Gasteiger partial charge in [0.1, 0.15) is 0 Å². The van der Waals surface area contributed by atoms with Gasteiger partial charge in [0.05, 0.1) is 0 Å². The van der Waals surface area contributed by atoms with Gasteiger partial charge >= 0.3 is 0 Å². The van der Waals surface area contributed by atoms with Crippen molar-refractivity contribution < 1.29 is 0 Å². The molecule has 25 heavy (non-hydrogen) atoms. The lowest BCUT2D eigenvalue weighted by Crippen LogP contribution is -2.25. The van der Waals surface area contributed by atoms with Crippen LogP contribution >= 0.6 is 31.9 Å². The van der Waals surface area contributed by atoms with Gasteiger partial charge in [-0.15, -0.1) is 0 Å². The molecule has 0 spiro atoms. The van der Waals surface area contributed by atoms with E-state index in [1.165, 1.54) is 60.8 Å². The van der Waals surface area contributed by atoms with Crippen molar-refractivity contribution in [3.8, 4) is 11.1 Å². The van der Waals surface area contributed by atoms with E-state index in [4.69, 9.17) is 0 Å². The van der Waals surface area contributed by atoms with Crippen LogP contribution in [0.4, 0.5) is 0 Å². The molecule has 134 valence electrons. The molecule has 0 nitrogen and oxygen atoms in total. The van der Waals surface area contributed by atoms with E-state index >= 15 is 0 Å². The van der Waals surface area contributed by atoms with Crippen molar-refractivity contribution in [1.82, 2.24) is 0 Å². The zero-order valence-corrected chi connectivity index (χ0v) is 18.5. The molecule has 0 fully saturated rings. The molecule has 0 aliphatic heterocycles. The largest absolute Gasteiger partial charge is 0.0876 e. The summed E-state index contributed by atoms with van der Waals surface area (Å²) >= 11 is 7.32. The van der Waals surface area contributed by atoms with E-state index in [0.717, 1.165) is 10.7 Å². The standard InChI is InChI=1S/C23H28Br2/c1-3-5-11-23(12-6-4-2)21-13-17(15-24)7-9-19(21)20-10-8-18(16-25)14-22(20)23/h7-10,13-14H,3-6,11-12,15-16H2,1-2H3. The smallest absolute Gasteiger partial charge is 0.0283 e. The summed E-state index contributed by atoms with van der Waals surface area (Å²) in [5, 5.41) is 1.86. The van der Waals surface area contributed by atoms with Crippen molar-refractivity contribution >= 4 is 31.9 Å². The molecule has 2 aromatic carbocycles. The second-order valence-electron chi connectivity index (χ2n) is 7.32. The third kappa shape index (κ3) is 3.49. The summed E-state index contributed by atoms with van der Waals surface area (Å²) in [6.07, 6.45) is 7.63. The number of rotatable bonds is 8. The summed E-state index contributed by atoms with van der Waals surface area (Å²) in [5.41, 5.74) is 9.07. The van der Waals surface area contributed by atoms with Crippen LogP contribution in [0.3, 0.4) is 0 Å². The second-order valence-corrected chi connectivity index (χ2v) is 8.44. The molecule has 0 radical (unpaired) electrons. The van der Waals surface area contributed by atoms with Crippen LogP contribution in [0.15, 0.2) is 36.4 Å². The molecule has 0 amide bonds. The number of alkyl halides is 2. The van der Waals surface area contributed by atoms with Gasteiger partial charge in [-0.1, -0.05) is 108 Å². The maximum Gasteiger partial charge on any atom is 0.0283 e. The molecule has 3 rings (SSSR count). The van der Waals surface area contributed by atoms with E-state index in [1.54, 1.807) is 11.1 Å². The van der Waals surface area contributed by atoms with E-state index in [2.05, 4.69) is 82.1 Å². The van der Waals surface area contributed by atoms with Crippen LogP contribution in [0.2, 0.25) is 0 Å². The Morgan fingerprint density at radius 3 is 1.52 bits per heavy atom. The third-order valence-electron chi connectivity index (χ3n) is 5.71. The Hall–Kier alpha value is -0.600. The van der Waals surface area contributed by atoms with Crippen LogP contribution in [0.1, 0.15) is 74.6 Å². The molecule has 2 aromatic rings. The molecule has 0 bridgehead atoms. The van der Waals surface area contributed by atoms with E-state index in [1.807, 2.05) is 0 Å². The molecule has 1 aliphatic carbocycles. The van der Waals surface area contributed by atoms with Gasteiger partial charge in [0, 0.05) is 16.1 Å². The zero-order chi connectivity index (χ0) is 17.9. The van der Waals surface area contributed by atoms with E-state index in [-0.39, 0.29) is 5.41 Å². The van der Waals surface area contributed by atoms with Gasteiger partial charge < -0.3 is 0 Å². The van der Waals surface area contributed by atoms with E-state index in [9.17, 15) is 0 Å². The Morgan fingerprint density at radius 2 is 1.16 bits per heavy atom. The molecule has 0 saturated heterocycles. The first kappa shape index (κ1) is 19.2. The second kappa shape index (κ2) is 8.39. The van der Waals surface area contributed by atoms with Crippen LogP contribution in [0.5, 0.6) is 0 Å². The molecule has 0 heterocycles. The first-order valence-electron chi connectivity index (χ1n) is 9.59.